The van der Waals surface area contributed by atoms with Crippen LogP contribution in [0.2, 0.25) is 0 Å². The summed E-state index contributed by atoms with van der Waals surface area (Å²) in [6.07, 6.45) is 0.164. The van der Waals surface area contributed by atoms with Crippen LogP contribution in [0.15, 0.2) is 24.3 Å². The normalized spacial score (nSPS) is 11.1. The number of carboxylic acid groups (broad SMARTS) is 1. The molecule has 0 radical (unpaired) electrons. The first kappa shape index (κ1) is 10.7. The number of benzene rings is 1. The zero-order valence-electron chi connectivity index (χ0n) is 7.84. The van der Waals surface area contributed by atoms with Crippen LogP contribution in [0.3, 0.4) is 0 Å². The highest BCUT2D eigenvalue weighted by molar-refractivity contribution is 5.73. The zero-order valence-corrected chi connectivity index (χ0v) is 7.84. The number of nitrogens with zero attached hydrogens (tertiary/aromatic N) is 2. The van der Waals surface area contributed by atoms with Gasteiger partial charge < -0.3 is 5.11 Å². The maximum atomic E-state index is 10.6. The van der Waals surface area contributed by atoms with Crippen LogP contribution in [0, 0.1) is 28.6 Å². The van der Waals surface area contributed by atoms with Crippen molar-refractivity contribution in [3.05, 3.63) is 35.4 Å². The Morgan fingerprint density at radius 2 is 1.93 bits per heavy atom. The molecule has 0 aliphatic heterocycles. The standard InChI is InChI=1S/C11H8N2O2/c12-6-9-3-1-8(2-4-9)5-10(7-13)11(14)15/h1-4,10H,5H2,(H,14,15). The molecular formula is C11H8N2O2. The van der Waals surface area contributed by atoms with Gasteiger partial charge in [0.2, 0.25) is 0 Å². The average molecular weight is 200 g/mol. The van der Waals surface area contributed by atoms with Gasteiger partial charge in [-0.1, -0.05) is 12.1 Å². The summed E-state index contributed by atoms with van der Waals surface area (Å²) in [5.41, 5.74) is 1.26. The first-order chi connectivity index (χ1) is 7.17. The van der Waals surface area contributed by atoms with Crippen molar-refractivity contribution in [3.63, 3.8) is 0 Å². The fourth-order valence-electron chi connectivity index (χ4n) is 1.14. The Balaban J connectivity index is 2.78. The van der Waals surface area contributed by atoms with Crippen molar-refractivity contribution in [2.45, 2.75) is 6.42 Å². The molecule has 1 unspecified atom stereocenters. The topological polar surface area (TPSA) is 84.9 Å². The molecule has 0 saturated carbocycles. The average Bonchev–Trinajstić information content (AvgIpc) is 2.26. The second-order valence-electron chi connectivity index (χ2n) is 3.03. The molecule has 1 aromatic rings. The quantitative estimate of drug-likeness (QED) is 0.797. The van der Waals surface area contributed by atoms with Crippen LogP contribution in [-0.2, 0) is 11.2 Å². The fourth-order valence-corrected chi connectivity index (χ4v) is 1.14. The van der Waals surface area contributed by atoms with Crippen LogP contribution in [0.25, 0.3) is 0 Å². The highest BCUT2D eigenvalue weighted by Gasteiger charge is 2.16. The van der Waals surface area contributed by atoms with Gasteiger partial charge in [-0.05, 0) is 24.1 Å². The Kier molecular flexibility index (Phi) is 3.43. The number of rotatable bonds is 3. The summed E-state index contributed by atoms with van der Waals surface area (Å²) < 4.78 is 0. The lowest BCUT2D eigenvalue weighted by Crippen LogP contribution is -2.14. The summed E-state index contributed by atoms with van der Waals surface area (Å²) in [6, 6.07) is 10.2. The minimum atomic E-state index is -1.12. The van der Waals surface area contributed by atoms with Crippen LogP contribution in [0.4, 0.5) is 0 Å². The third-order valence-electron chi connectivity index (χ3n) is 1.98. The molecule has 0 spiro atoms. The van der Waals surface area contributed by atoms with Crippen LogP contribution < -0.4 is 0 Å². The second-order valence-corrected chi connectivity index (χ2v) is 3.03. The number of carbonyl (C=O) groups is 1. The molecule has 0 amide bonds. The zero-order chi connectivity index (χ0) is 11.3. The van der Waals surface area contributed by atoms with Crippen molar-refractivity contribution < 1.29 is 9.90 Å². The van der Waals surface area contributed by atoms with Gasteiger partial charge in [0, 0.05) is 0 Å². The van der Waals surface area contributed by atoms with E-state index in [1.807, 2.05) is 6.07 Å². The maximum absolute atomic E-state index is 10.6. The van der Waals surface area contributed by atoms with E-state index in [0.717, 1.165) is 5.56 Å². The third kappa shape index (κ3) is 2.82. The molecule has 1 aromatic carbocycles. The molecule has 74 valence electrons. The lowest BCUT2D eigenvalue weighted by Gasteiger charge is -2.03. The summed E-state index contributed by atoms with van der Waals surface area (Å²) >= 11 is 0. The van der Waals surface area contributed by atoms with Crippen LogP contribution in [0.5, 0.6) is 0 Å². The molecule has 0 aliphatic carbocycles. The first-order valence-corrected chi connectivity index (χ1v) is 4.29. The highest BCUT2D eigenvalue weighted by atomic mass is 16.4. The number of carboxylic acids is 1. The smallest absolute Gasteiger partial charge is 0.321 e. The molecule has 0 aromatic heterocycles. The van der Waals surface area contributed by atoms with Gasteiger partial charge in [0.25, 0.3) is 0 Å². The van der Waals surface area contributed by atoms with Gasteiger partial charge in [-0.2, -0.15) is 10.5 Å². The first-order valence-electron chi connectivity index (χ1n) is 4.29. The predicted molar refractivity (Wildman–Crippen MR) is 51.6 cm³/mol. The van der Waals surface area contributed by atoms with Crippen molar-refractivity contribution in [2.75, 3.05) is 0 Å². The van der Waals surface area contributed by atoms with Gasteiger partial charge in [0.15, 0.2) is 0 Å². The number of nitriles is 2. The summed E-state index contributed by atoms with van der Waals surface area (Å²) in [4.78, 5) is 10.6. The van der Waals surface area contributed by atoms with Crippen molar-refractivity contribution >= 4 is 5.97 Å². The summed E-state index contributed by atoms with van der Waals surface area (Å²) in [6.45, 7) is 0. The van der Waals surface area contributed by atoms with Crippen molar-refractivity contribution in [3.8, 4) is 12.1 Å². The number of hydrogen-bond donors (Lipinski definition) is 1. The summed E-state index contributed by atoms with van der Waals surface area (Å²) in [7, 11) is 0. The van der Waals surface area contributed by atoms with Crippen molar-refractivity contribution in [2.24, 2.45) is 5.92 Å². The van der Waals surface area contributed by atoms with E-state index in [0.29, 0.717) is 5.56 Å². The Labute approximate surface area is 87.0 Å². The van der Waals surface area contributed by atoms with Gasteiger partial charge in [0.05, 0.1) is 17.7 Å². The molecular weight excluding hydrogens is 192 g/mol. The van der Waals surface area contributed by atoms with Gasteiger partial charge >= 0.3 is 5.97 Å². The monoisotopic (exact) mass is 200 g/mol. The third-order valence-corrected chi connectivity index (χ3v) is 1.98. The van der Waals surface area contributed by atoms with E-state index in [-0.39, 0.29) is 6.42 Å². The lowest BCUT2D eigenvalue weighted by atomic mass is 10.00. The van der Waals surface area contributed by atoms with Crippen LogP contribution >= 0.6 is 0 Å². The Morgan fingerprint density at radius 3 is 2.33 bits per heavy atom. The number of aliphatic carboxylic acids is 1. The molecule has 1 rings (SSSR count). The minimum absolute atomic E-state index is 0.164. The van der Waals surface area contributed by atoms with Crippen LogP contribution in [-0.4, -0.2) is 11.1 Å². The second kappa shape index (κ2) is 4.78. The Morgan fingerprint density at radius 1 is 1.33 bits per heavy atom. The Bertz CT molecular complexity index is 437. The lowest BCUT2D eigenvalue weighted by molar-refractivity contribution is -0.139. The van der Waals surface area contributed by atoms with Crippen LogP contribution in [0.1, 0.15) is 11.1 Å². The largest absolute Gasteiger partial charge is 0.480 e. The molecule has 4 heteroatoms. The van der Waals surface area contributed by atoms with Gasteiger partial charge in [-0.25, -0.2) is 0 Å². The molecule has 1 N–H and O–H groups in total. The summed E-state index contributed by atoms with van der Waals surface area (Å²) in [5.74, 6) is -2.15. The van der Waals surface area contributed by atoms with Gasteiger partial charge in [0.1, 0.15) is 5.92 Å². The minimum Gasteiger partial charge on any atom is -0.480 e. The summed E-state index contributed by atoms with van der Waals surface area (Å²) in [5, 5.41) is 25.8. The predicted octanol–water partition coefficient (Wildman–Crippen LogP) is 1.33. The van der Waals surface area contributed by atoms with Crippen molar-refractivity contribution in [1.29, 1.82) is 10.5 Å². The SMILES string of the molecule is N#Cc1ccc(CC(C#N)C(=O)O)cc1. The highest BCUT2D eigenvalue weighted by Crippen LogP contribution is 2.09. The van der Waals surface area contributed by atoms with E-state index < -0.39 is 11.9 Å². The molecule has 4 nitrogen and oxygen atoms in total. The van der Waals surface area contributed by atoms with E-state index >= 15 is 0 Å². The molecule has 0 saturated heterocycles. The van der Waals surface area contributed by atoms with E-state index in [1.165, 1.54) is 0 Å². The van der Waals surface area contributed by atoms with Gasteiger partial charge in [-0.15, -0.1) is 0 Å². The number of hydrogen-bond acceptors (Lipinski definition) is 3. The molecule has 0 heterocycles. The van der Waals surface area contributed by atoms with E-state index in [2.05, 4.69) is 0 Å². The van der Waals surface area contributed by atoms with E-state index in [4.69, 9.17) is 15.6 Å². The maximum Gasteiger partial charge on any atom is 0.321 e. The molecule has 0 bridgehead atoms. The molecule has 1 atom stereocenters. The van der Waals surface area contributed by atoms with Gasteiger partial charge in [-0.3, -0.25) is 4.79 Å². The van der Waals surface area contributed by atoms with E-state index in [1.54, 1.807) is 30.3 Å². The molecule has 0 fully saturated rings. The van der Waals surface area contributed by atoms with E-state index in [9.17, 15) is 4.79 Å². The Hall–Kier alpha value is -2.33. The van der Waals surface area contributed by atoms with Crippen molar-refractivity contribution in [1.82, 2.24) is 0 Å². The molecule has 15 heavy (non-hydrogen) atoms. The fraction of sp³-hybridized carbons (Fsp3) is 0.182. The molecule has 0 aliphatic rings.